The Bertz CT molecular complexity index is 662. The highest BCUT2D eigenvalue weighted by atomic mass is 16.6. The van der Waals surface area contributed by atoms with Crippen molar-refractivity contribution in [2.75, 3.05) is 33.9 Å². The van der Waals surface area contributed by atoms with E-state index in [9.17, 15) is 14.4 Å². The van der Waals surface area contributed by atoms with Crippen LogP contribution in [0.25, 0.3) is 0 Å². The van der Waals surface area contributed by atoms with Crippen LogP contribution in [0.2, 0.25) is 0 Å². The Labute approximate surface area is 165 Å². The summed E-state index contributed by atoms with van der Waals surface area (Å²) in [5.74, 6) is 0.179. The first-order valence-electron chi connectivity index (χ1n) is 8.90. The van der Waals surface area contributed by atoms with Crippen molar-refractivity contribution in [2.24, 2.45) is 0 Å². The maximum absolute atomic E-state index is 12.4. The molecule has 0 atom stereocenters. The zero-order valence-electron chi connectivity index (χ0n) is 17.0. The minimum Gasteiger partial charge on any atom is -0.496 e. The van der Waals surface area contributed by atoms with Gasteiger partial charge in [0, 0.05) is 26.1 Å². The van der Waals surface area contributed by atoms with Crippen LogP contribution >= 0.6 is 0 Å². The quantitative estimate of drug-likeness (QED) is 0.546. The molecule has 0 bridgehead atoms. The van der Waals surface area contributed by atoms with Crippen molar-refractivity contribution in [3.63, 3.8) is 0 Å². The second-order valence-electron chi connectivity index (χ2n) is 6.82. The molecule has 3 N–H and O–H groups in total. The Morgan fingerprint density at radius 3 is 2.00 bits per heavy atom. The van der Waals surface area contributed by atoms with Crippen LogP contribution in [0, 0.1) is 0 Å². The van der Waals surface area contributed by atoms with Gasteiger partial charge in [-0.25, -0.2) is 4.79 Å². The van der Waals surface area contributed by atoms with Crippen molar-refractivity contribution < 1.29 is 28.6 Å². The minimum absolute atomic E-state index is 0.105. The summed E-state index contributed by atoms with van der Waals surface area (Å²) >= 11 is 0. The van der Waals surface area contributed by atoms with E-state index in [-0.39, 0.29) is 37.9 Å². The first-order valence-corrected chi connectivity index (χ1v) is 8.90. The molecular weight excluding hydrogens is 366 g/mol. The standard InChI is InChI=1S/C19H29N3O6/c1-19(2,3)28-18(25)22-10-9-15(23)20-11-12-21-17(24)16-13(26-4)7-6-8-14(16)27-5/h6-8H,9-12H2,1-5H3,(H,20,23)(H,21,24)(H,22,25). The third-order valence-electron chi connectivity index (χ3n) is 3.41. The average Bonchev–Trinajstić information content (AvgIpc) is 2.62. The van der Waals surface area contributed by atoms with Crippen LogP contribution in [-0.4, -0.2) is 57.4 Å². The Balaban J connectivity index is 2.33. The van der Waals surface area contributed by atoms with E-state index in [1.807, 2.05) is 0 Å². The van der Waals surface area contributed by atoms with Gasteiger partial charge in [0.1, 0.15) is 22.7 Å². The first-order chi connectivity index (χ1) is 13.2. The lowest BCUT2D eigenvalue weighted by atomic mass is 10.1. The number of nitrogens with one attached hydrogen (secondary N) is 3. The largest absolute Gasteiger partial charge is 0.496 e. The van der Waals surface area contributed by atoms with Gasteiger partial charge in [-0.3, -0.25) is 9.59 Å². The summed E-state index contributed by atoms with van der Waals surface area (Å²) in [5.41, 5.74) is -0.297. The van der Waals surface area contributed by atoms with Crippen LogP contribution < -0.4 is 25.4 Å². The third kappa shape index (κ3) is 8.15. The molecule has 0 saturated heterocycles. The lowest BCUT2D eigenvalue weighted by Gasteiger charge is -2.19. The Kier molecular flexibility index (Phi) is 9.07. The molecule has 0 heterocycles. The number of carbonyl (C=O) groups is 3. The molecule has 0 unspecified atom stereocenters. The third-order valence-corrected chi connectivity index (χ3v) is 3.41. The van der Waals surface area contributed by atoms with E-state index in [4.69, 9.17) is 14.2 Å². The van der Waals surface area contributed by atoms with Crippen molar-refractivity contribution in [2.45, 2.75) is 32.8 Å². The van der Waals surface area contributed by atoms with Gasteiger partial charge in [0.25, 0.3) is 5.91 Å². The molecule has 0 saturated carbocycles. The van der Waals surface area contributed by atoms with Crippen LogP contribution in [0.1, 0.15) is 37.6 Å². The molecule has 0 fully saturated rings. The normalized spacial score (nSPS) is 10.6. The second-order valence-corrected chi connectivity index (χ2v) is 6.82. The summed E-state index contributed by atoms with van der Waals surface area (Å²) in [4.78, 5) is 35.6. The topological polar surface area (TPSA) is 115 Å². The van der Waals surface area contributed by atoms with Crippen LogP contribution in [-0.2, 0) is 9.53 Å². The van der Waals surface area contributed by atoms with E-state index >= 15 is 0 Å². The highest BCUT2D eigenvalue weighted by Crippen LogP contribution is 2.27. The van der Waals surface area contributed by atoms with Crippen molar-refractivity contribution >= 4 is 17.9 Å². The van der Waals surface area contributed by atoms with E-state index < -0.39 is 11.7 Å². The predicted octanol–water partition coefficient (Wildman–Crippen LogP) is 1.46. The van der Waals surface area contributed by atoms with Crippen molar-refractivity contribution in [1.29, 1.82) is 0 Å². The molecule has 1 aromatic carbocycles. The van der Waals surface area contributed by atoms with Crippen LogP contribution in [0.3, 0.4) is 0 Å². The molecule has 1 aromatic rings. The van der Waals surface area contributed by atoms with Gasteiger partial charge in [0.2, 0.25) is 5.91 Å². The zero-order valence-corrected chi connectivity index (χ0v) is 17.0. The van der Waals surface area contributed by atoms with E-state index in [1.165, 1.54) is 14.2 Å². The number of amides is 3. The molecule has 9 heteroatoms. The molecule has 156 valence electrons. The van der Waals surface area contributed by atoms with E-state index in [0.29, 0.717) is 17.1 Å². The number of methoxy groups -OCH3 is 2. The van der Waals surface area contributed by atoms with Gasteiger partial charge in [-0.1, -0.05) is 6.07 Å². The molecule has 0 aromatic heterocycles. The maximum Gasteiger partial charge on any atom is 0.407 e. The fourth-order valence-corrected chi connectivity index (χ4v) is 2.22. The Morgan fingerprint density at radius 2 is 1.46 bits per heavy atom. The average molecular weight is 395 g/mol. The SMILES string of the molecule is COc1cccc(OC)c1C(=O)NCCNC(=O)CCNC(=O)OC(C)(C)C. The van der Waals surface area contributed by atoms with Crippen molar-refractivity contribution in [3.05, 3.63) is 23.8 Å². The highest BCUT2D eigenvalue weighted by molar-refractivity contribution is 5.99. The van der Waals surface area contributed by atoms with Gasteiger partial charge in [-0.15, -0.1) is 0 Å². The number of hydrogen-bond donors (Lipinski definition) is 3. The molecule has 1 rings (SSSR count). The fraction of sp³-hybridized carbons (Fsp3) is 0.526. The number of hydrogen-bond acceptors (Lipinski definition) is 6. The number of carbonyl (C=O) groups excluding carboxylic acids is 3. The minimum atomic E-state index is -0.589. The van der Waals surface area contributed by atoms with Crippen LogP contribution in [0.5, 0.6) is 11.5 Å². The van der Waals surface area contributed by atoms with E-state index in [2.05, 4.69) is 16.0 Å². The van der Waals surface area contributed by atoms with Gasteiger partial charge >= 0.3 is 6.09 Å². The lowest BCUT2D eigenvalue weighted by molar-refractivity contribution is -0.120. The summed E-state index contributed by atoms with van der Waals surface area (Å²) in [6.07, 6.45) is -0.466. The molecule has 28 heavy (non-hydrogen) atoms. The summed E-state index contributed by atoms with van der Waals surface area (Å²) < 4.78 is 15.5. The summed E-state index contributed by atoms with van der Waals surface area (Å²) in [6.45, 7) is 5.90. The molecule has 0 spiro atoms. The van der Waals surface area contributed by atoms with Crippen LogP contribution in [0.15, 0.2) is 18.2 Å². The highest BCUT2D eigenvalue weighted by Gasteiger charge is 2.18. The predicted molar refractivity (Wildman–Crippen MR) is 104 cm³/mol. The van der Waals surface area contributed by atoms with E-state index in [1.54, 1.807) is 39.0 Å². The molecule has 3 amide bonds. The lowest BCUT2D eigenvalue weighted by Crippen LogP contribution is -2.37. The molecule has 9 nitrogen and oxygen atoms in total. The van der Waals surface area contributed by atoms with Gasteiger partial charge < -0.3 is 30.2 Å². The number of alkyl carbamates (subject to hydrolysis) is 1. The first kappa shape index (κ1) is 23.1. The fourth-order valence-electron chi connectivity index (χ4n) is 2.22. The number of benzene rings is 1. The molecule has 0 aliphatic rings. The van der Waals surface area contributed by atoms with Gasteiger partial charge in [0.15, 0.2) is 0 Å². The van der Waals surface area contributed by atoms with Gasteiger partial charge in [-0.2, -0.15) is 0 Å². The molecule has 0 aliphatic carbocycles. The summed E-state index contributed by atoms with van der Waals surface area (Å²) in [6, 6.07) is 5.05. The Hall–Kier alpha value is -2.97. The maximum atomic E-state index is 12.4. The van der Waals surface area contributed by atoms with Crippen LogP contribution in [0.4, 0.5) is 4.79 Å². The summed E-state index contributed by atoms with van der Waals surface area (Å²) in [7, 11) is 2.94. The smallest absolute Gasteiger partial charge is 0.407 e. The van der Waals surface area contributed by atoms with Crippen molar-refractivity contribution in [3.8, 4) is 11.5 Å². The summed E-state index contributed by atoms with van der Waals surface area (Å²) in [5, 5.41) is 7.87. The molecule has 0 aliphatic heterocycles. The van der Waals surface area contributed by atoms with Gasteiger partial charge in [-0.05, 0) is 32.9 Å². The second kappa shape index (κ2) is 11.0. The zero-order chi connectivity index (χ0) is 21.2. The Morgan fingerprint density at radius 1 is 0.893 bits per heavy atom. The molecular formula is C19H29N3O6. The number of rotatable bonds is 9. The van der Waals surface area contributed by atoms with E-state index in [0.717, 1.165) is 0 Å². The molecule has 0 radical (unpaired) electrons. The monoisotopic (exact) mass is 395 g/mol. The van der Waals surface area contributed by atoms with Crippen molar-refractivity contribution in [1.82, 2.24) is 16.0 Å². The number of ether oxygens (including phenoxy) is 3. The van der Waals surface area contributed by atoms with Gasteiger partial charge in [0.05, 0.1) is 14.2 Å².